The van der Waals surface area contributed by atoms with Crippen molar-refractivity contribution in [2.45, 2.75) is 26.7 Å². The second-order valence-corrected chi connectivity index (χ2v) is 5.81. The third-order valence-corrected chi connectivity index (χ3v) is 3.69. The fraction of sp³-hybridized carbons (Fsp3) is 0.571. The smallest absolute Gasteiger partial charge is 0.252 e. The molecule has 1 saturated heterocycles. The van der Waals surface area contributed by atoms with E-state index in [-0.39, 0.29) is 12.3 Å². The molecule has 0 aromatic carbocycles. The van der Waals surface area contributed by atoms with E-state index in [0.29, 0.717) is 23.4 Å². The van der Waals surface area contributed by atoms with Crippen molar-refractivity contribution in [2.24, 2.45) is 11.8 Å². The van der Waals surface area contributed by atoms with Gasteiger partial charge < -0.3 is 4.90 Å². The fourth-order valence-electron chi connectivity index (χ4n) is 2.96. The predicted molar refractivity (Wildman–Crippen MR) is 74.0 cm³/mol. The molecule has 0 saturated carbocycles. The summed E-state index contributed by atoms with van der Waals surface area (Å²) in [6, 6.07) is 1.79. The molecule has 0 N–H and O–H groups in total. The van der Waals surface area contributed by atoms with E-state index < -0.39 is 0 Å². The van der Waals surface area contributed by atoms with Crippen LogP contribution in [-0.2, 0) is 11.2 Å². The van der Waals surface area contributed by atoms with Gasteiger partial charge in [-0.15, -0.1) is 5.10 Å². The Morgan fingerprint density at radius 3 is 2.80 bits per heavy atom. The number of hydrogen-bond donors (Lipinski definition) is 0. The van der Waals surface area contributed by atoms with E-state index in [1.165, 1.54) is 6.42 Å². The quantitative estimate of drug-likeness (QED) is 0.824. The maximum Gasteiger partial charge on any atom is 0.252 e. The third-order valence-electron chi connectivity index (χ3n) is 3.69. The van der Waals surface area contributed by atoms with Crippen LogP contribution < -0.4 is 0 Å². The molecule has 0 spiro atoms. The monoisotopic (exact) mass is 273 g/mol. The first-order valence-corrected chi connectivity index (χ1v) is 7.06. The van der Waals surface area contributed by atoms with Gasteiger partial charge in [-0.05, 0) is 24.3 Å². The SMILES string of the molecule is CC1CC(C)CN(C(=O)Cc2nc3ncccn3n2)C1. The molecule has 2 atom stereocenters. The number of hydrogen-bond acceptors (Lipinski definition) is 4. The number of carbonyl (C=O) groups is 1. The van der Waals surface area contributed by atoms with Crippen LogP contribution in [0.2, 0.25) is 0 Å². The lowest BCUT2D eigenvalue weighted by atomic mass is 9.92. The van der Waals surface area contributed by atoms with Crippen LogP contribution in [0.15, 0.2) is 18.5 Å². The van der Waals surface area contributed by atoms with Gasteiger partial charge in [-0.2, -0.15) is 4.98 Å². The minimum absolute atomic E-state index is 0.110. The Kier molecular flexibility index (Phi) is 3.38. The van der Waals surface area contributed by atoms with Crippen LogP contribution in [0.25, 0.3) is 5.78 Å². The van der Waals surface area contributed by atoms with Gasteiger partial charge in [-0.3, -0.25) is 4.79 Å². The average Bonchev–Trinajstić information content (AvgIpc) is 2.79. The van der Waals surface area contributed by atoms with Crippen molar-refractivity contribution < 1.29 is 4.79 Å². The second kappa shape index (κ2) is 5.19. The number of aromatic nitrogens is 4. The van der Waals surface area contributed by atoms with Crippen LogP contribution in [0.5, 0.6) is 0 Å². The van der Waals surface area contributed by atoms with Gasteiger partial charge in [0.1, 0.15) is 0 Å². The molecule has 2 aromatic rings. The molecule has 3 rings (SSSR count). The molecule has 20 heavy (non-hydrogen) atoms. The van der Waals surface area contributed by atoms with Crippen molar-refractivity contribution in [2.75, 3.05) is 13.1 Å². The first kappa shape index (κ1) is 13.0. The zero-order chi connectivity index (χ0) is 14.1. The molecular weight excluding hydrogens is 254 g/mol. The van der Waals surface area contributed by atoms with Crippen LogP contribution in [0.3, 0.4) is 0 Å². The molecule has 6 nitrogen and oxygen atoms in total. The average molecular weight is 273 g/mol. The maximum absolute atomic E-state index is 12.4. The normalized spacial score (nSPS) is 23.2. The van der Waals surface area contributed by atoms with Crippen molar-refractivity contribution in [1.29, 1.82) is 0 Å². The molecule has 0 aliphatic carbocycles. The molecule has 106 valence electrons. The van der Waals surface area contributed by atoms with E-state index in [2.05, 4.69) is 28.9 Å². The van der Waals surface area contributed by atoms with Gasteiger partial charge >= 0.3 is 0 Å². The van der Waals surface area contributed by atoms with Crippen LogP contribution in [-0.4, -0.2) is 43.5 Å². The van der Waals surface area contributed by atoms with E-state index in [1.54, 1.807) is 23.0 Å². The van der Waals surface area contributed by atoms with Crippen LogP contribution in [0, 0.1) is 11.8 Å². The summed E-state index contributed by atoms with van der Waals surface area (Å²) in [5.74, 6) is 2.33. The topological polar surface area (TPSA) is 63.4 Å². The lowest BCUT2D eigenvalue weighted by Crippen LogP contribution is -2.43. The molecule has 1 fully saturated rings. The third kappa shape index (κ3) is 2.64. The van der Waals surface area contributed by atoms with Gasteiger partial charge in [-0.25, -0.2) is 9.50 Å². The van der Waals surface area contributed by atoms with Crippen molar-refractivity contribution in [3.63, 3.8) is 0 Å². The second-order valence-electron chi connectivity index (χ2n) is 5.81. The Bertz CT molecular complexity index is 580. The number of fused-ring (bicyclic) bond motifs is 1. The number of rotatable bonds is 2. The summed E-state index contributed by atoms with van der Waals surface area (Å²) in [7, 11) is 0. The maximum atomic E-state index is 12.4. The first-order chi connectivity index (χ1) is 9.61. The van der Waals surface area contributed by atoms with Gasteiger partial charge in [0.2, 0.25) is 5.91 Å². The van der Waals surface area contributed by atoms with Crippen LogP contribution >= 0.6 is 0 Å². The Balaban J connectivity index is 1.72. The standard InChI is InChI=1S/C14H19N5O/c1-10-6-11(2)9-18(8-10)13(20)7-12-16-14-15-4-3-5-19(14)17-12/h3-5,10-11H,6-9H2,1-2H3. The van der Waals surface area contributed by atoms with E-state index in [1.807, 2.05) is 4.90 Å². The van der Waals surface area contributed by atoms with E-state index in [0.717, 1.165) is 13.1 Å². The summed E-state index contributed by atoms with van der Waals surface area (Å²) in [4.78, 5) is 22.7. The lowest BCUT2D eigenvalue weighted by Gasteiger charge is -2.34. The zero-order valence-corrected chi connectivity index (χ0v) is 11.9. The Morgan fingerprint density at radius 2 is 2.10 bits per heavy atom. The van der Waals surface area contributed by atoms with Gasteiger partial charge in [0.05, 0.1) is 6.42 Å². The van der Waals surface area contributed by atoms with Crippen molar-refractivity contribution in [1.82, 2.24) is 24.5 Å². The summed E-state index contributed by atoms with van der Waals surface area (Å²) in [5, 5.41) is 4.28. The number of nitrogens with zero attached hydrogens (tertiary/aromatic N) is 5. The van der Waals surface area contributed by atoms with Gasteiger partial charge in [0, 0.05) is 25.5 Å². The number of carbonyl (C=O) groups excluding carboxylic acids is 1. The van der Waals surface area contributed by atoms with E-state index in [9.17, 15) is 4.79 Å². The van der Waals surface area contributed by atoms with E-state index in [4.69, 9.17) is 0 Å². The predicted octanol–water partition coefficient (Wildman–Crippen LogP) is 1.17. The van der Waals surface area contributed by atoms with Crippen LogP contribution in [0.1, 0.15) is 26.1 Å². The highest BCUT2D eigenvalue weighted by Crippen LogP contribution is 2.21. The van der Waals surface area contributed by atoms with Crippen molar-refractivity contribution in [3.05, 3.63) is 24.3 Å². The highest BCUT2D eigenvalue weighted by atomic mass is 16.2. The van der Waals surface area contributed by atoms with Crippen molar-refractivity contribution in [3.8, 4) is 0 Å². The summed E-state index contributed by atoms with van der Waals surface area (Å²) in [6.07, 6.45) is 4.90. The molecule has 0 bridgehead atoms. The van der Waals surface area contributed by atoms with Crippen LogP contribution in [0.4, 0.5) is 0 Å². The van der Waals surface area contributed by atoms with Gasteiger partial charge in [0.15, 0.2) is 5.82 Å². The fourth-order valence-corrected chi connectivity index (χ4v) is 2.96. The lowest BCUT2D eigenvalue weighted by molar-refractivity contribution is -0.133. The Hall–Kier alpha value is -1.98. The van der Waals surface area contributed by atoms with Gasteiger partial charge in [-0.1, -0.05) is 13.8 Å². The highest BCUT2D eigenvalue weighted by molar-refractivity contribution is 5.78. The molecular formula is C14H19N5O. The largest absolute Gasteiger partial charge is 0.342 e. The first-order valence-electron chi connectivity index (χ1n) is 7.06. The summed E-state index contributed by atoms with van der Waals surface area (Å²) in [6.45, 7) is 6.08. The van der Waals surface area contributed by atoms with Gasteiger partial charge in [0.25, 0.3) is 5.78 Å². The number of likely N-dealkylation sites (tertiary alicyclic amines) is 1. The zero-order valence-electron chi connectivity index (χ0n) is 11.9. The highest BCUT2D eigenvalue weighted by Gasteiger charge is 2.26. The Morgan fingerprint density at radius 1 is 1.35 bits per heavy atom. The molecule has 2 unspecified atom stereocenters. The molecule has 2 aromatic heterocycles. The minimum atomic E-state index is 0.110. The number of amides is 1. The molecule has 3 heterocycles. The summed E-state index contributed by atoms with van der Waals surface area (Å²) >= 11 is 0. The Labute approximate surface area is 117 Å². The summed E-state index contributed by atoms with van der Waals surface area (Å²) in [5.41, 5.74) is 0. The molecule has 1 aliphatic rings. The molecule has 0 radical (unpaired) electrons. The molecule has 1 aliphatic heterocycles. The van der Waals surface area contributed by atoms with E-state index >= 15 is 0 Å². The summed E-state index contributed by atoms with van der Waals surface area (Å²) < 4.78 is 1.60. The molecule has 6 heteroatoms. The molecule has 1 amide bonds. The minimum Gasteiger partial charge on any atom is -0.342 e. The van der Waals surface area contributed by atoms with Crippen molar-refractivity contribution >= 4 is 11.7 Å². The number of piperidine rings is 1.